The molecule has 24 heavy (non-hydrogen) atoms. The summed E-state index contributed by atoms with van der Waals surface area (Å²) in [6.07, 6.45) is 0. The Hall–Kier alpha value is -2.25. The van der Waals surface area contributed by atoms with E-state index in [1.807, 2.05) is 37.3 Å². The lowest BCUT2D eigenvalue weighted by atomic mass is 10.0. The van der Waals surface area contributed by atoms with E-state index in [0.717, 1.165) is 23.8 Å². The van der Waals surface area contributed by atoms with E-state index in [1.165, 1.54) is 7.05 Å². The van der Waals surface area contributed by atoms with Gasteiger partial charge in [0.25, 0.3) is 5.91 Å². The molecule has 0 fully saturated rings. The topological polar surface area (TPSA) is 75.3 Å². The molecule has 2 aromatic carbocycles. The molecule has 2 aromatic rings. The molecule has 0 aliphatic rings. The highest BCUT2D eigenvalue weighted by Crippen LogP contribution is 2.16. The van der Waals surface area contributed by atoms with Crippen LogP contribution in [-0.4, -0.2) is 27.9 Å². The van der Waals surface area contributed by atoms with Crippen molar-refractivity contribution in [1.82, 2.24) is 10.0 Å². The molecule has 0 aromatic heterocycles. The van der Waals surface area contributed by atoms with Crippen LogP contribution < -0.4 is 10.0 Å². The highest BCUT2D eigenvalue weighted by molar-refractivity contribution is 7.89. The van der Waals surface area contributed by atoms with Gasteiger partial charge in [-0.1, -0.05) is 37.3 Å². The lowest BCUT2D eigenvalue weighted by molar-refractivity contribution is 0.0947. The minimum atomic E-state index is -3.74. The van der Waals surface area contributed by atoms with Gasteiger partial charge in [0, 0.05) is 6.54 Å². The molecule has 0 heterocycles. The lowest BCUT2D eigenvalue weighted by Gasteiger charge is -2.14. The first kappa shape index (κ1) is 18.1. The van der Waals surface area contributed by atoms with Crippen LogP contribution in [0.25, 0.3) is 0 Å². The van der Waals surface area contributed by atoms with Crippen molar-refractivity contribution >= 4 is 15.9 Å². The number of amides is 1. The van der Waals surface area contributed by atoms with E-state index in [-0.39, 0.29) is 16.4 Å². The second-order valence-electron chi connectivity index (χ2n) is 5.37. The first-order valence-electron chi connectivity index (χ1n) is 7.41. The van der Waals surface area contributed by atoms with Gasteiger partial charge >= 0.3 is 0 Å². The molecule has 2 rings (SSSR count). The van der Waals surface area contributed by atoms with Crippen LogP contribution >= 0.6 is 0 Å². The average molecular weight is 350 g/mol. The molecule has 0 saturated heterocycles. The normalized spacial score (nSPS) is 12.6. The number of sulfonamides is 1. The van der Waals surface area contributed by atoms with E-state index in [2.05, 4.69) is 10.0 Å². The summed E-state index contributed by atoms with van der Waals surface area (Å²) in [6.45, 7) is 2.25. The molecule has 2 N–H and O–H groups in total. The first-order valence-corrected chi connectivity index (χ1v) is 8.89. The Bertz CT molecular complexity index is 823. The molecule has 0 bridgehead atoms. The van der Waals surface area contributed by atoms with Gasteiger partial charge in [-0.25, -0.2) is 17.5 Å². The monoisotopic (exact) mass is 350 g/mol. The fourth-order valence-electron chi connectivity index (χ4n) is 2.20. The second-order valence-corrected chi connectivity index (χ2v) is 7.26. The van der Waals surface area contributed by atoms with Gasteiger partial charge in [-0.3, -0.25) is 4.79 Å². The van der Waals surface area contributed by atoms with E-state index in [9.17, 15) is 17.6 Å². The fourth-order valence-corrected chi connectivity index (χ4v) is 2.96. The zero-order valence-corrected chi connectivity index (χ0v) is 14.2. The van der Waals surface area contributed by atoms with Gasteiger partial charge in [0.2, 0.25) is 10.0 Å². The molecule has 0 saturated carbocycles. The van der Waals surface area contributed by atoms with Crippen LogP contribution in [0.3, 0.4) is 0 Å². The third-order valence-electron chi connectivity index (χ3n) is 3.70. The smallest absolute Gasteiger partial charge is 0.254 e. The summed E-state index contributed by atoms with van der Waals surface area (Å²) in [7, 11) is -2.49. The van der Waals surface area contributed by atoms with Crippen LogP contribution in [0.5, 0.6) is 0 Å². The Labute approximate surface area is 141 Å². The van der Waals surface area contributed by atoms with Crippen LogP contribution in [0.4, 0.5) is 4.39 Å². The van der Waals surface area contributed by atoms with Crippen molar-refractivity contribution in [2.24, 2.45) is 0 Å². The largest absolute Gasteiger partial charge is 0.351 e. The third-order valence-corrected chi connectivity index (χ3v) is 5.11. The number of hydrogen-bond acceptors (Lipinski definition) is 3. The number of halogens is 1. The van der Waals surface area contributed by atoms with E-state index < -0.39 is 21.7 Å². The van der Waals surface area contributed by atoms with Gasteiger partial charge in [0.05, 0.1) is 10.5 Å². The van der Waals surface area contributed by atoms with Crippen LogP contribution in [-0.2, 0) is 10.0 Å². The van der Waals surface area contributed by atoms with Crippen molar-refractivity contribution in [3.05, 3.63) is 65.5 Å². The van der Waals surface area contributed by atoms with Gasteiger partial charge < -0.3 is 5.32 Å². The Balaban J connectivity index is 2.14. The summed E-state index contributed by atoms with van der Waals surface area (Å²) in [4.78, 5) is 12.0. The SMILES string of the molecule is CNS(=O)(=O)c1ccc(F)c(C(=O)NC[C@H](C)c2ccccc2)c1. The van der Waals surface area contributed by atoms with Gasteiger partial charge in [-0.15, -0.1) is 0 Å². The van der Waals surface area contributed by atoms with Crippen molar-refractivity contribution < 1.29 is 17.6 Å². The average Bonchev–Trinajstić information content (AvgIpc) is 2.60. The molecule has 1 amide bonds. The van der Waals surface area contributed by atoms with Gasteiger partial charge in [-0.05, 0) is 36.7 Å². The Morgan fingerprint density at radius 2 is 1.83 bits per heavy atom. The van der Waals surface area contributed by atoms with Crippen molar-refractivity contribution in [2.45, 2.75) is 17.7 Å². The second kappa shape index (κ2) is 7.55. The summed E-state index contributed by atoms with van der Waals surface area (Å²) in [5, 5.41) is 2.64. The Kier molecular flexibility index (Phi) is 5.69. The molecular weight excluding hydrogens is 331 g/mol. The number of carbonyl (C=O) groups excluding carboxylic acids is 1. The quantitative estimate of drug-likeness (QED) is 0.839. The number of hydrogen-bond donors (Lipinski definition) is 2. The van der Waals surface area contributed by atoms with Crippen molar-refractivity contribution in [1.29, 1.82) is 0 Å². The first-order chi connectivity index (χ1) is 11.3. The van der Waals surface area contributed by atoms with E-state index in [4.69, 9.17) is 0 Å². The minimum absolute atomic E-state index is 0.0439. The van der Waals surface area contributed by atoms with E-state index in [0.29, 0.717) is 6.54 Å². The summed E-state index contributed by atoms with van der Waals surface area (Å²) >= 11 is 0. The third kappa shape index (κ3) is 4.18. The molecule has 0 spiro atoms. The standard InChI is InChI=1S/C17H19FN2O3S/c1-12(13-6-4-3-5-7-13)11-20-17(21)15-10-14(8-9-16(15)18)24(22,23)19-2/h3-10,12,19H,11H2,1-2H3,(H,20,21)/t12-/m0/s1. The highest BCUT2D eigenvalue weighted by Gasteiger charge is 2.18. The van der Waals surface area contributed by atoms with Crippen LogP contribution in [0.15, 0.2) is 53.4 Å². The van der Waals surface area contributed by atoms with E-state index in [1.54, 1.807) is 0 Å². The summed E-state index contributed by atoms with van der Waals surface area (Å²) in [5.41, 5.74) is 0.747. The predicted octanol–water partition coefficient (Wildman–Crippen LogP) is 2.27. The highest BCUT2D eigenvalue weighted by atomic mass is 32.2. The zero-order valence-electron chi connectivity index (χ0n) is 13.4. The number of nitrogens with one attached hydrogen (secondary N) is 2. The molecule has 0 aliphatic carbocycles. The molecule has 0 radical (unpaired) electrons. The summed E-state index contributed by atoms with van der Waals surface area (Å²) in [5.74, 6) is -1.37. The van der Waals surface area contributed by atoms with Crippen molar-refractivity contribution in [3.63, 3.8) is 0 Å². The van der Waals surface area contributed by atoms with Crippen molar-refractivity contribution in [3.8, 4) is 0 Å². The maximum Gasteiger partial charge on any atom is 0.254 e. The Morgan fingerprint density at radius 1 is 1.17 bits per heavy atom. The summed E-state index contributed by atoms with van der Waals surface area (Å²) in [6, 6.07) is 12.7. The number of benzene rings is 2. The summed E-state index contributed by atoms with van der Waals surface area (Å²) < 4.78 is 39.6. The molecule has 5 nitrogen and oxygen atoms in total. The molecule has 128 valence electrons. The van der Waals surface area contributed by atoms with E-state index >= 15 is 0 Å². The molecule has 0 aliphatic heterocycles. The molecule has 1 atom stereocenters. The van der Waals surface area contributed by atoms with Gasteiger partial charge in [0.15, 0.2) is 0 Å². The predicted molar refractivity (Wildman–Crippen MR) is 89.8 cm³/mol. The van der Waals surface area contributed by atoms with Crippen LogP contribution in [0.2, 0.25) is 0 Å². The maximum absolute atomic E-state index is 13.9. The number of rotatable bonds is 6. The molecular formula is C17H19FN2O3S. The van der Waals surface area contributed by atoms with Crippen LogP contribution in [0, 0.1) is 5.82 Å². The number of carbonyl (C=O) groups is 1. The molecule has 0 unspecified atom stereocenters. The van der Waals surface area contributed by atoms with Gasteiger partial charge in [0.1, 0.15) is 5.82 Å². The minimum Gasteiger partial charge on any atom is -0.351 e. The fraction of sp³-hybridized carbons (Fsp3) is 0.235. The lowest BCUT2D eigenvalue weighted by Crippen LogP contribution is -2.28. The maximum atomic E-state index is 13.9. The van der Waals surface area contributed by atoms with Crippen molar-refractivity contribution in [2.75, 3.05) is 13.6 Å². The zero-order chi connectivity index (χ0) is 17.7. The Morgan fingerprint density at radius 3 is 2.46 bits per heavy atom. The van der Waals surface area contributed by atoms with Gasteiger partial charge in [-0.2, -0.15) is 0 Å². The molecule has 7 heteroatoms. The van der Waals surface area contributed by atoms with Crippen LogP contribution in [0.1, 0.15) is 28.8 Å².